The second kappa shape index (κ2) is 11.9. The highest BCUT2D eigenvalue weighted by Crippen LogP contribution is 2.25. The van der Waals surface area contributed by atoms with Crippen molar-refractivity contribution in [3.05, 3.63) is 48.0 Å². The van der Waals surface area contributed by atoms with Gasteiger partial charge in [-0.2, -0.15) is 0 Å². The number of nitrogens with one attached hydrogen (secondary N) is 3. The van der Waals surface area contributed by atoms with Gasteiger partial charge in [-0.3, -0.25) is 19.6 Å². The van der Waals surface area contributed by atoms with Gasteiger partial charge in [-0.1, -0.05) is 77.1 Å². The first-order valence-corrected chi connectivity index (χ1v) is 11.5. The van der Waals surface area contributed by atoms with Crippen molar-refractivity contribution >= 4 is 28.5 Å². The third kappa shape index (κ3) is 7.01. The Bertz CT molecular complexity index is 994. The third-order valence-corrected chi connectivity index (χ3v) is 5.76. The summed E-state index contributed by atoms with van der Waals surface area (Å²) >= 11 is 0. The molecule has 0 aromatic heterocycles. The van der Waals surface area contributed by atoms with Crippen LogP contribution in [0.2, 0.25) is 0 Å². The zero-order valence-corrected chi connectivity index (χ0v) is 20.8. The summed E-state index contributed by atoms with van der Waals surface area (Å²) in [7, 11) is 1.51. The summed E-state index contributed by atoms with van der Waals surface area (Å²) in [5.74, 6) is -2.49. The molecule has 0 saturated heterocycles. The number of hydrogen-bond acceptors (Lipinski definition) is 5. The molecule has 0 heterocycles. The van der Waals surface area contributed by atoms with Gasteiger partial charge < -0.3 is 15.4 Å². The van der Waals surface area contributed by atoms with Crippen LogP contribution in [0.4, 0.5) is 0 Å². The minimum atomic E-state index is -1.25. The lowest BCUT2D eigenvalue weighted by Gasteiger charge is -2.33. The predicted octanol–water partition coefficient (Wildman–Crippen LogP) is 3.17. The lowest BCUT2D eigenvalue weighted by atomic mass is 9.84. The molecule has 0 spiro atoms. The molecule has 3 atom stereocenters. The SMILES string of the molecule is CNC(=O)[C@@H](NC(=O)[C@H](CC(C)C)[C@H](OCc1cccc2ccccc12)C(=O)NO)C(C)(C)C. The third-order valence-electron chi connectivity index (χ3n) is 5.76. The Labute approximate surface area is 201 Å². The maximum Gasteiger partial charge on any atom is 0.273 e. The molecule has 2 aromatic rings. The van der Waals surface area contributed by atoms with Crippen molar-refractivity contribution in [3.8, 4) is 0 Å². The van der Waals surface area contributed by atoms with Crippen LogP contribution in [0.5, 0.6) is 0 Å². The molecule has 0 aliphatic heterocycles. The first kappa shape index (κ1) is 27.3. The molecule has 0 fully saturated rings. The minimum absolute atomic E-state index is 0.0546. The van der Waals surface area contributed by atoms with Crippen molar-refractivity contribution in [3.63, 3.8) is 0 Å². The average molecular weight is 472 g/mol. The van der Waals surface area contributed by atoms with E-state index in [4.69, 9.17) is 4.74 Å². The molecular formula is C26H37N3O5. The van der Waals surface area contributed by atoms with Gasteiger partial charge in [0, 0.05) is 7.05 Å². The maximum atomic E-state index is 13.4. The predicted molar refractivity (Wildman–Crippen MR) is 131 cm³/mol. The normalized spacial score (nSPS) is 14.4. The van der Waals surface area contributed by atoms with Gasteiger partial charge in [0.15, 0.2) is 0 Å². The summed E-state index contributed by atoms with van der Waals surface area (Å²) < 4.78 is 5.99. The van der Waals surface area contributed by atoms with Crippen LogP contribution in [0.25, 0.3) is 10.8 Å². The van der Waals surface area contributed by atoms with E-state index in [1.165, 1.54) is 7.05 Å². The molecule has 186 valence electrons. The second-order valence-corrected chi connectivity index (χ2v) is 10.0. The van der Waals surface area contributed by atoms with E-state index < -0.39 is 35.3 Å². The van der Waals surface area contributed by atoms with Crippen LogP contribution >= 0.6 is 0 Å². The molecule has 0 aliphatic carbocycles. The number of fused-ring (bicyclic) bond motifs is 1. The zero-order chi connectivity index (χ0) is 25.5. The van der Waals surface area contributed by atoms with Gasteiger partial charge in [0.25, 0.3) is 5.91 Å². The highest BCUT2D eigenvalue weighted by Gasteiger charge is 2.39. The van der Waals surface area contributed by atoms with Crippen molar-refractivity contribution < 1.29 is 24.3 Å². The molecule has 8 heteroatoms. The topological polar surface area (TPSA) is 117 Å². The largest absolute Gasteiger partial charge is 0.363 e. The standard InChI is InChI=1S/C26H37N3O5/c1-16(2)14-20(23(30)28-22(25(32)27-6)26(3,4)5)21(24(31)29-33)34-15-18-12-9-11-17-10-7-8-13-19(17)18/h7-13,16,20-22,33H,14-15H2,1-6H3,(H,27,32)(H,28,30)(H,29,31)/t20-,21+,22-/m1/s1. The zero-order valence-electron chi connectivity index (χ0n) is 20.8. The van der Waals surface area contributed by atoms with E-state index in [1.54, 1.807) is 5.48 Å². The van der Waals surface area contributed by atoms with Crippen molar-refractivity contribution in [2.24, 2.45) is 17.3 Å². The van der Waals surface area contributed by atoms with Crippen LogP contribution in [0.3, 0.4) is 0 Å². The van der Waals surface area contributed by atoms with Crippen LogP contribution in [0, 0.1) is 17.3 Å². The number of hydrogen-bond donors (Lipinski definition) is 4. The molecule has 0 radical (unpaired) electrons. The smallest absolute Gasteiger partial charge is 0.273 e. The highest BCUT2D eigenvalue weighted by molar-refractivity contribution is 5.92. The van der Waals surface area contributed by atoms with E-state index in [1.807, 2.05) is 77.1 Å². The molecule has 2 aromatic carbocycles. The fraction of sp³-hybridized carbons (Fsp3) is 0.500. The van der Waals surface area contributed by atoms with Crippen molar-refractivity contribution in [1.82, 2.24) is 16.1 Å². The molecule has 0 bridgehead atoms. The van der Waals surface area contributed by atoms with E-state index in [9.17, 15) is 19.6 Å². The minimum Gasteiger partial charge on any atom is -0.363 e. The Morgan fingerprint density at radius 2 is 1.62 bits per heavy atom. The van der Waals surface area contributed by atoms with Crippen LogP contribution in [-0.4, -0.2) is 42.1 Å². The van der Waals surface area contributed by atoms with E-state index in [0.717, 1.165) is 16.3 Å². The lowest BCUT2D eigenvalue weighted by Crippen LogP contribution is -2.56. The molecule has 34 heavy (non-hydrogen) atoms. The summed E-state index contributed by atoms with van der Waals surface area (Å²) in [6, 6.07) is 12.8. The Hall–Kier alpha value is -2.97. The Kier molecular flexibility index (Phi) is 9.58. The molecule has 8 nitrogen and oxygen atoms in total. The van der Waals surface area contributed by atoms with Crippen molar-refractivity contribution in [2.75, 3.05) is 7.05 Å². The second-order valence-electron chi connectivity index (χ2n) is 10.0. The fourth-order valence-electron chi connectivity index (χ4n) is 3.98. The molecule has 4 N–H and O–H groups in total. The highest BCUT2D eigenvalue weighted by atomic mass is 16.5. The number of likely N-dealkylation sites (N-methyl/N-ethyl adjacent to an activating group) is 1. The maximum absolute atomic E-state index is 13.4. The molecule has 3 amide bonds. The van der Waals surface area contributed by atoms with Gasteiger partial charge in [0.2, 0.25) is 11.8 Å². The van der Waals surface area contributed by atoms with Crippen molar-refractivity contribution in [1.29, 1.82) is 0 Å². The van der Waals surface area contributed by atoms with E-state index >= 15 is 0 Å². The average Bonchev–Trinajstić information content (AvgIpc) is 2.80. The first-order valence-electron chi connectivity index (χ1n) is 11.5. The quantitative estimate of drug-likeness (QED) is 0.314. The fourth-order valence-corrected chi connectivity index (χ4v) is 3.98. The van der Waals surface area contributed by atoms with Gasteiger partial charge in [-0.05, 0) is 34.1 Å². The monoisotopic (exact) mass is 471 g/mol. The van der Waals surface area contributed by atoms with E-state index in [-0.39, 0.29) is 18.4 Å². The summed E-state index contributed by atoms with van der Waals surface area (Å²) in [6.07, 6.45) is -0.930. The van der Waals surface area contributed by atoms with Crippen LogP contribution in [0.15, 0.2) is 42.5 Å². The molecule has 0 unspecified atom stereocenters. The number of rotatable bonds is 10. The van der Waals surface area contributed by atoms with Crippen LogP contribution in [0.1, 0.15) is 46.6 Å². The molecule has 2 rings (SSSR count). The molecule has 0 saturated carbocycles. The Balaban J connectivity index is 2.35. The van der Waals surface area contributed by atoms with Gasteiger partial charge in [0.1, 0.15) is 12.1 Å². The Morgan fingerprint density at radius 1 is 0.971 bits per heavy atom. The summed E-state index contributed by atoms with van der Waals surface area (Å²) in [5, 5.41) is 16.8. The molecule has 0 aliphatic rings. The number of carbonyl (C=O) groups is 3. The van der Waals surface area contributed by atoms with Gasteiger partial charge in [-0.25, -0.2) is 5.48 Å². The summed E-state index contributed by atoms with van der Waals surface area (Å²) in [6.45, 7) is 9.47. The number of amides is 3. The van der Waals surface area contributed by atoms with Crippen LogP contribution < -0.4 is 16.1 Å². The van der Waals surface area contributed by atoms with Gasteiger partial charge in [0.05, 0.1) is 12.5 Å². The Morgan fingerprint density at radius 3 is 2.21 bits per heavy atom. The van der Waals surface area contributed by atoms with E-state index in [0.29, 0.717) is 6.42 Å². The van der Waals surface area contributed by atoms with Crippen LogP contribution in [-0.2, 0) is 25.7 Å². The van der Waals surface area contributed by atoms with Crippen molar-refractivity contribution in [2.45, 2.75) is 59.8 Å². The number of ether oxygens (including phenoxy) is 1. The lowest BCUT2D eigenvalue weighted by molar-refractivity contribution is -0.153. The van der Waals surface area contributed by atoms with Gasteiger partial charge in [-0.15, -0.1) is 0 Å². The molecular weight excluding hydrogens is 434 g/mol. The van der Waals surface area contributed by atoms with Gasteiger partial charge >= 0.3 is 0 Å². The van der Waals surface area contributed by atoms with E-state index in [2.05, 4.69) is 10.6 Å². The first-order chi connectivity index (χ1) is 16.0. The number of carbonyl (C=O) groups excluding carboxylic acids is 3. The number of benzene rings is 2. The number of hydroxylamine groups is 1. The summed E-state index contributed by atoms with van der Waals surface area (Å²) in [5.41, 5.74) is 1.94. The summed E-state index contributed by atoms with van der Waals surface area (Å²) in [4.78, 5) is 38.5.